The van der Waals surface area contributed by atoms with E-state index in [-0.39, 0.29) is 11.2 Å². The molecule has 0 aromatic rings. The summed E-state index contributed by atoms with van der Waals surface area (Å²) < 4.78 is 10.5. The van der Waals surface area contributed by atoms with E-state index in [4.69, 9.17) is 4.74 Å². The monoisotopic (exact) mass is 270 g/mol. The molecule has 4 heteroatoms. The number of hydrogen-bond acceptors (Lipinski definition) is 4. The van der Waals surface area contributed by atoms with Gasteiger partial charge in [0.1, 0.15) is 11.5 Å². The number of carbonyl (C=O) groups is 2. The summed E-state index contributed by atoms with van der Waals surface area (Å²) in [5.74, 6) is -1.36. The molecule has 1 unspecified atom stereocenters. The molecule has 0 saturated heterocycles. The Balaban J connectivity index is 2.88. The number of hydrogen-bond donors (Lipinski definition) is 0. The molecule has 0 radical (unpaired) electrons. The van der Waals surface area contributed by atoms with Gasteiger partial charge in [-0.3, -0.25) is 9.59 Å². The average Bonchev–Trinajstić information content (AvgIpc) is 2.39. The third-order valence-electron chi connectivity index (χ3n) is 4.23. The van der Waals surface area contributed by atoms with Gasteiger partial charge in [-0.15, -0.1) is 0 Å². The van der Waals surface area contributed by atoms with Crippen LogP contribution < -0.4 is 0 Å². The van der Waals surface area contributed by atoms with E-state index in [0.29, 0.717) is 19.4 Å². The molecule has 1 rings (SSSR count). The van der Waals surface area contributed by atoms with Gasteiger partial charge in [-0.05, 0) is 44.9 Å². The number of ketones is 1. The van der Waals surface area contributed by atoms with Gasteiger partial charge in [0.05, 0.1) is 7.11 Å². The van der Waals surface area contributed by atoms with Gasteiger partial charge in [-0.25, -0.2) is 0 Å². The number of ether oxygens (including phenoxy) is 2. The fraction of sp³-hybridized carbons (Fsp3) is 0.867. The highest BCUT2D eigenvalue weighted by molar-refractivity contribution is 6.03. The highest BCUT2D eigenvalue weighted by Crippen LogP contribution is 2.43. The molecule has 1 saturated carbocycles. The van der Waals surface area contributed by atoms with E-state index < -0.39 is 17.5 Å². The molecule has 0 bridgehead atoms. The second-order valence-corrected chi connectivity index (χ2v) is 6.20. The summed E-state index contributed by atoms with van der Waals surface area (Å²) in [6.07, 6.45) is 3.25. The summed E-state index contributed by atoms with van der Waals surface area (Å²) in [7, 11) is 1.31. The van der Waals surface area contributed by atoms with Crippen molar-refractivity contribution in [2.75, 3.05) is 13.7 Å². The smallest absolute Gasteiger partial charge is 0.316 e. The Hall–Kier alpha value is -0.900. The van der Waals surface area contributed by atoms with E-state index in [1.54, 1.807) is 6.92 Å². The van der Waals surface area contributed by atoms with Gasteiger partial charge in [0.15, 0.2) is 5.78 Å². The molecular formula is C15H26O4. The Morgan fingerprint density at radius 2 is 1.68 bits per heavy atom. The van der Waals surface area contributed by atoms with Crippen LogP contribution in [0.15, 0.2) is 0 Å². The first kappa shape index (κ1) is 16.2. The van der Waals surface area contributed by atoms with Crippen LogP contribution in [0.3, 0.4) is 0 Å². The van der Waals surface area contributed by atoms with Crippen LogP contribution in [-0.2, 0) is 19.1 Å². The Morgan fingerprint density at radius 3 is 2.11 bits per heavy atom. The van der Waals surface area contributed by atoms with Gasteiger partial charge in [-0.1, -0.05) is 13.8 Å². The van der Waals surface area contributed by atoms with Crippen LogP contribution in [0.25, 0.3) is 0 Å². The van der Waals surface area contributed by atoms with Gasteiger partial charge in [-0.2, -0.15) is 0 Å². The number of rotatable bonds is 5. The first-order valence-electron chi connectivity index (χ1n) is 7.04. The number of Topliss-reactive ketones (excluding diaryl/α,β-unsaturated/α-hetero) is 1. The molecule has 1 fully saturated rings. The molecule has 0 aromatic carbocycles. The van der Waals surface area contributed by atoms with Crippen molar-refractivity contribution in [3.8, 4) is 0 Å². The molecule has 0 aromatic heterocycles. The summed E-state index contributed by atoms with van der Waals surface area (Å²) in [4.78, 5) is 24.2. The van der Waals surface area contributed by atoms with Crippen LogP contribution in [0.1, 0.15) is 53.4 Å². The maximum absolute atomic E-state index is 12.6. The largest absolute Gasteiger partial charge is 0.468 e. The van der Waals surface area contributed by atoms with Gasteiger partial charge in [0, 0.05) is 6.61 Å². The zero-order valence-electron chi connectivity index (χ0n) is 12.7. The third kappa shape index (κ3) is 3.56. The van der Waals surface area contributed by atoms with Crippen molar-refractivity contribution in [3.63, 3.8) is 0 Å². The topological polar surface area (TPSA) is 52.6 Å². The third-order valence-corrected chi connectivity index (χ3v) is 4.23. The fourth-order valence-corrected chi connectivity index (χ4v) is 2.75. The molecule has 110 valence electrons. The Kier molecular flexibility index (Phi) is 5.13. The van der Waals surface area contributed by atoms with Gasteiger partial charge < -0.3 is 9.47 Å². The molecule has 4 nitrogen and oxygen atoms in total. The molecule has 0 aliphatic heterocycles. The quantitative estimate of drug-likeness (QED) is 0.569. The summed E-state index contributed by atoms with van der Waals surface area (Å²) in [5.41, 5.74) is -0.548. The molecular weight excluding hydrogens is 244 g/mol. The molecule has 1 atom stereocenters. The Bertz CT molecular complexity index is 336. The molecule has 0 heterocycles. The van der Waals surface area contributed by atoms with Gasteiger partial charge in [0.2, 0.25) is 0 Å². The lowest BCUT2D eigenvalue weighted by Crippen LogP contribution is -2.50. The van der Waals surface area contributed by atoms with Crippen molar-refractivity contribution in [2.45, 2.75) is 59.0 Å². The van der Waals surface area contributed by atoms with Crippen LogP contribution in [0.2, 0.25) is 0 Å². The standard InChI is InChI=1S/C15H26O4/c1-6-19-15(9-7-14(3,4)8-10-15)12(16)11(2)13(17)18-5/h11H,6-10H2,1-5H3. The summed E-state index contributed by atoms with van der Waals surface area (Å²) >= 11 is 0. The number of carbonyl (C=O) groups excluding carboxylic acids is 2. The van der Waals surface area contributed by atoms with E-state index in [1.807, 2.05) is 6.92 Å². The van der Waals surface area contributed by atoms with Crippen LogP contribution in [-0.4, -0.2) is 31.1 Å². The minimum Gasteiger partial charge on any atom is -0.468 e. The zero-order chi connectivity index (χ0) is 14.7. The van der Waals surface area contributed by atoms with Crippen molar-refractivity contribution in [1.29, 1.82) is 0 Å². The lowest BCUT2D eigenvalue weighted by atomic mass is 9.68. The molecule has 0 spiro atoms. The second kappa shape index (κ2) is 6.04. The molecule has 0 N–H and O–H groups in total. The van der Waals surface area contributed by atoms with E-state index in [0.717, 1.165) is 12.8 Å². The van der Waals surface area contributed by atoms with Crippen LogP contribution in [0.5, 0.6) is 0 Å². The second-order valence-electron chi connectivity index (χ2n) is 6.20. The first-order chi connectivity index (χ1) is 8.78. The first-order valence-corrected chi connectivity index (χ1v) is 7.04. The Labute approximate surface area is 115 Å². The zero-order valence-corrected chi connectivity index (χ0v) is 12.7. The summed E-state index contributed by atoms with van der Waals surface area (Å²) in [5, 5.41) is 0. The van der Waals surface area contributed by atoms with E-state index in [1.165, 1.54) is 7.11 Å². The molecule has 1 aliphatic carbocycles. The van der Waals surface area contributed by atoms with Crippen molar-refractivity contribution in [3.05, 3.63) is 0 Å². The lowest BCUT2D eigenvalue weighted by molar-refractivity contribution is -0.164. The minimum absolute atomic E-state index is 0.128. The predicted molar refractivity (Wildman–Crippen MR) is 72.8 cm³/mol. The fourth-order valence-electron chi connectivity index (χ4n) is 2.75. The Morgan fingerprint density at radius 1 is 1.16 bits per heavy atom. The summed E-state index contributed by atoms with van der Waals surface area (Å²) in [6, 6.07) is 0. The summed E-state index contributed by atoms with van der Waals surface area (Å²) in [6.45, 7) is 8.39. The molecule has 19 heavy (non-hydrogen) atoms. The van der Waals surface area contributed by atoms with Crippen LogP contribution in [0, 0.1) is 11.3 Å². The average molecular weight is 270 g/mol. The SMILES string of the molecule is CCOC1(C(=O)C(C)C(=O)OC)CCC(C)(C)CC1. The van der Waals surface area contributed by atoms with Crippen LogP contribution >= 0.6 is 0 Å². The van der Waals surface area contributed by atoms with Crippen molar-refractivity contribution in [2.24, 2.45) is 11.3 Å². The minimum atomic E-state index is -0.794. The number of esters is 1. The van der Waals surface area contributed by atoms with Crippen LogP contribution in [0.4, 0.5) is 0 Å². The number of methoxy groups -OCH3 is 1. The van der Waals surface area contributed by atoms with Gasteiger partial charge in [0.25, 0.3) is 0 Å². The lowest BCUT2D eigenvalue weighted by Gasteiger charge is -2.42. The normalized spacial score (nSPS) is 22.6. The van der Waals surface area contributed by atoms with E-state index in [9.17, 15) is 9.59 Å². The van der Waals surface area contributed by atoms with Gasteiger partial charge >= 0.3 is 5.97 Å². The van der Waals surface area contributed by atoms with Crippen molar-refractivity contribution < 1.29 is 19.1 Å². The maximum atomic E-state index is 12.6. The maximum Gasteiger partial charge on any atom is 0.316 e. The van der Waals surface area contributed by atoms with E-state index in [2.05, 4.69) is 18.6 Å². The molecule has 0 amide bonds. The molecule has 1 aliphatic rings. The van der Waals surface area contributed by atoms with E-state index >= 15 is 0 Å². The highest BCUT2D eigenvalue weighted by Gasteiger charge is 2.47. The predicted octanol–water partition coefficient (Wildman–Crippen LogP) is 2.74. The highest BCUT2D eigenvalue weighted by atomic mass is 16.5. The van der Waals surface area contributed by atoms with Crippen molar-refractivity contribution >= 4 is 11.8 Å². The van der Waals surface area contributed by atoms with Crippen molar-refractivity contribution in [1.82, 2.24) is 0 Å².